The Morgan fingerprint density at radius 3 is 1.55 bits per heavy atom. The number of allylic oxidation sites excluding steroid dienone is 1. The third kappa shape index (κ3) is 11.3. The monoisotopic (exact) mass is 620 g/mol. The average Bonchev–Trinajstić information content (AvgIpc) is 2.83. The van der Waals surface area contributed by atoms with Crippen molar-refractivity contribution in [3.05, 3.63) is 12.2 Å². The van der Waals surface area contributed by atoms with E-state index in [0.29, 0.717) is 6.42 Å². The summed E-state index contributed by atoms with van der Waals surface area (Å²) in [4.78, 5) is 0. The normalized spacial score (nSPS) is 17.8. The van der Waals surface area contributed by atoms with Gasteiger partial charge in [-0.15, -0.1) is 0 Å². The molecule has 248 valence electrons. The lowest BCUT2D eigenvalue weighted by atomic mass is 9.53. The van der Waals surface area contributed by atoms with Crippen LogP contribution in [0.2, 0.25) is 0 Å². The van der Waals surface area contributed by atoms with Crippen molar-refractivity contribution in [2.45, 2.75) is 159 Å². The van der Waals surface area contributed by atoms with Gasteiger partial charge in [-0.25, -0.2) is 0 Å². The predicted molar refractivity (Wildman–Crippen MR) is 150 cm³/mol. The topological polar surface area (TPSA) is 80.9 Å². The van der Waals surface area contributed by atoms with Crippen molar-refractivity contribution in [3.8, 4) is 11.8 Å². The van der Waals surface area contributed by atoms with E-state index in [1.807, 2.05) is 5.92 Å². The second-order valence-electron chi connectivity index (χ2n) is 12.1. The van der Waals surface area contributed by atoms with Gasteiger partial charge in [-0.05, 0) is 59.3 Å². The third-order valence-corrected chi connectivity index (χ3v) is 8.07. The second-order valence-corrected chi connectivity index (χ2v) is 12.1. The Morgan fingerprint density at radius 1 is 0.643 bits per heavy atom. The summed E-state index contributed by atoms with van der Waals surface area (Å²) in [6.07, 6.45) is 0.00144. The summed E-state index contributed by atoms with van der Waals surface area (Å²) < 4.78 is 95.7. The summed E-state index contributed by atoms with van der Waals surface area (Å²) in [6, 6.07) is 0. The van der Waals surface area contributed by atoms with E-state index >= 15 is 0 Å². The fraction of sp³-hybridized carbons (Fsp3) is 0.871. The van der Waals surface area contributed by atoms with E-state index in [4.69, 9.17) is 0 Å². The highest BCUT2D eigenvalue weighted by Gasteiger charge is 2.66. The molecule has 0 fully saturated rings. The standard InChI is InChI=1S/C31H51F7O4/c1-6-8-9-10-11-12-13-15-19-27(42,28(24-39,25(3,4)40)26(5,41)18-7-2)22-23-30(34,35)29(32,33)20-16-14-17-21-31(36,37)38/h7,18,39-42H,6,8-17,19-21,24H2,1-5H3. The van der Waals surface area contributed by atoms with Gasteiger partial charge in [-0.1, -0.05) is 76.4 Å². The van der Waals surface area contributed by atoms with Gasteiger partial charge in [0.1, 0.15) is 5.60 Å². The fourth-order valence-corrected chi connectivity index (χ4v) is 5.67. The summed E-state index contributed by atoms with van der Waals surface area (Å²) in [5.41, 5.74) is -9.59. The molecule has 0 aromatic rings. The van der Waals surface area contributed by atoms with Crippen molar-refractivity contribution in [1.29, 1.82) is 0 Å². The minimum atomic E-state index is -5.00. The van der Waals surface area contributed by atoms with Crippen molar-refractivity contribution >= 4 is 0 Å². The van der Waals surface area contributed by atoms with Crippen LogP contribution in [-0.4, -0.2) is 61.9 Å². The minimum absolute atomic E-state index is 0.171. The second kappa shape index (κ2) is 16.6. The maximum Gasteiger partial charge on any atom is 0.389 e. The number of unbranched alkanes of at least 4 members (excludes halogenated alkanes) is 9. The van der Waals surface area contributed by atoms with Crippen molar-refractivity contribution < 1.29 is 51.2 Å². The van der Waals surface area contributed by atoms with Crippen LogP contribution >= 0.6 is 0 Å². The minimum Gasteiger partial charge on any atom is -0.395 e. The highest BCUT2D eigenvalue weighted by Crippen LogP contribution is 2.52. The van der Waals surface area contributed by atoms with E-state index in [9.17, 15) is 51.2 Å². The molecule has 0 rings (SSSR count). The highest BCUT2D eigenvalue weighted by molar-refractivity contribution is 5.32. The molecule has 0 spiro atoms. The number of aliphatic hydroxyl groups is 4. The van der Waals surface area contributed by atoms with Crippen LogP contribution in [0.3, 0.4) is 0 Å². The maximum atomic E-state index is 14.8. The van der Waals surface area contributed by atoms with Gasteiger partial charge in [-0.2, -0.15) is 30.7 Å². The molecule has 3 unspecified atom stereocenters. The molecule has 4 nitrogen and oxygen atoms in total. The maximum absolute atomic E-state index is 14.8. The number of hydrogen-bond donors (Lipinski definition) is 4. The molecule has 0 bridgehead atoms. The summed E-state index contributed by atoms with van der Waals surface area (Å²) in [7, 11) is 0. The van der Waals surface area contributed by atoms with Gasteiger partial charge in [-0.3, -0.25) is 0 Å². The molecule has 0 aliphatic rings. The molecule has 0 aliphatic carbocycles. The first-order chi connectivity index (χ1) is 19.1. The summed E-state index contributed by atoms with van der Waals surface area (Å²) >= 11 is 0. The van der Waals surface area contributed by atoms with Crippen LogP contribution < -0.4 is 0 Å². The molecule has 11 heteroatoms. The molecule has 0 saturated heterocycles. The molecule has 4 N–H and O–H groups in total. The zero-order chi connectivity index (χ0) is 32.9. The lowest BCUT2D eigenvalue weighted by Crippen LogP contribution is -2.71. The number of halogens is 7. The van der Waals surface area contributed by atoms with Gasteiger partial charge >= 0.3 is 18.0 Å². The summed E-state index contributed by atoms with van der Waals surface area (Å²) in [6.45, 7) is 5.89. The number of aliphatic hydroxyl groups excluding tert-OH is 1. The van der Waals surface area contributed by atoms with Crippen LogP contribution in [0.5, 0.6) is 0 Å². The van der Waals surface area contributed by atoms with E-state index in [1.165, 1.54) is 18.9 Å². The van der Waals surface area contributed by atoms with Crippen LogP contribution in [0.4, 0.5) is 30.7 Å². The Morgan fingerprint density at radius 2 is 1.10 bits per heavy atom. The van der Waals surface area contributed by atoms with Crippen LogP contribution in [0.25, 0.3) is 0 Å². The zero-order valence-electron chi connectivity index (χ0n) is 25.7. The van der Waals surface area contributed by atoms with Crippen LogP contribution in [0.1, 0.15) is 125 Å². The van der Waals surface area contributed by atoms with E-state index < -0.39 is 79.0 Å². The number of rotatable bonds is 20. The van der Waals surface area contributed by atoms with Gasteiger partial charge < -0.3 is 20.4 Å². The highest BCUT2D eigenvalue weighted by atomic mass is 19.4. The molecule has 0 aliphatic heterocycles. The van der Waals surface area contributed by atoms with Crippen molar-refractivity contribution in [2.75, 3.05) is 6.61 Å². The Balaban J connectivity index is 6.34. The van der Waals surface area contributed by atoms with Gasteiger partial charge in [0, 0.05) is 12.8 Å². The Kier molecular flexibility index (Phi) is 16.1. The number of hydrogen-bond acceptors (Lipinski definition) is 4. The molecule has 0 radical (unpaired) electrons. The molecule has 0 saturated carbocycles. The van der Waals surface area contributed by atoms with E-state index in [1.54, 1.807) is 0 Å². The molecule has 0 amide bonds. The Labute approximate surface area is 246 Å². The van der Waals surface area contributed by atoms with Crippen molar-refractivity contribution in [1.82, 2.24) is 0 Å². The van der Waals surface area contributed by atoms with E-state index in [2.05, 4.69) is 6.92 Å². The summed E-state index contributed by atoms with van der Waals surface area (Å²) in [5.74, 6) is -6.69. The van der Waals surface area contributed by atoms with E-state index in [-0.39, 0.29) is 12.8 Å². The van der Waals surface area contributed by atoms with Crippen LogP contribution in [0, 0.1) is 17.3 Å². The van der Waals surface area contributed by atoms with Crippen molar-refractivity contribution in [2.24, 2.45) is 5.41 Å². The molecule has 42 heavy (non-hydrogen) atoms. The first kappa shape index (κ1) is 40.6. The first-order valence-corrected chi connectivity index (χ1v) is 14.9. The third-order valence-electron chi connectivity index (χ3n) is 8.07. The van der Waals surface area contributed by atoms with Gasteiger partial charge in [0.25, 0.3) is 0 Å². The Bertz CT molecular complexity index is 869. The predicted octanol–water partition coefficient (Wildman–Crippen LogP) is 8.11. The quantitative estimate of drug-likeness (QED) is 0.0480. The Hall–Kier alpha value is -1.35. The largest absolute Gasteiger partial charge is 0.395 e. The smallest absolute Gasteiger partial charge is 0.389 e. The number of alkyl halides is 7. The molecular weight excluding hydrogens is 569 g/mol. The average molecular weight is 621 g/mol. The van der Waals surface area contributed by atoms with Gasteiger partial charge in [0.2, 0.25) is 0 Å². The first-order valence-electron chi connectivity index (χ1n) is 14.9. The molecule has 0 aromatic heterocycles. The lowest BCUT2D eigenvalue weighted by molar-refractivity contribution is -0.247. The molecule has 0 aromatic carbocycles. The zero-order valence-corrected chi connectivity index (χ0v) is 25.7. The molecule has 0 heterocycles. The van der Waals surface area contributed by atoms with E-state index in [0.717, 1.165) is 65.4 Å². The fourth-order valence-electron chi connectivity index (χ4n) is 5.67. The van der Waals surface area contributed by atoms with Gasteiger partial charge in [0.15, 0.2) is 0 Å². The van der Waals surface area contributed by atoms with Crippen LogP contribution in [-0.2, 0) is 0 Å². The summed E-state index contributed by atoms with van der Waals surface area (Å²) in [5, 5.41) is 45.0. The van der Waals surface area contributed by atoms with Crippen LogP contribution in [0.15, 0.2) is 12.2 Å². The lowest BCUT2D eigenvalue weighted by Gasteiger charge is -2.57. The SMILES string of the molecule is CC=CC(C)(O)C(CO)(C(C)(C)O)C(O)(C#CC(F)(F)C(F)(F)CCCCCC(F)(F)F)CCCCCCCCCC. The van der Waals surface area contributed by atoms with Crippen molar-refractivity contribution in [3.63, 3.8) is 0 Å². The molecular formula is C31H51F7O4. The molecule has 3 atom stereocenters. The van der Waals surface area contributed by atoms with Gasteiger partial charge in [0.05, 0.1) is 23.2 Å².